The highest BCUT2D eigenvalue weighted by Crippen LogP contribution is 2.33. The minimum Gasteiger partial charge on any atom is -0.496 e. The summed E-state index contributed by atoms with van der Waals surface area (Å²) in [6.45, 7) is 6.60. The van der Waals surface area contributed by atoms with Crippen molar-refractivity contribution < 1.29 is 9.26 Å². The van der Waals surface area contributed by atoms with Crippen molar-refractivity contribution in [3.8, 4) is 17.1 Å². The summed E-state index contributed by atoms with van der Waals surface area (Å²) in [6, 6.07) is 6.02. The van der Waals surface area contributed by atoms with Gasteiger partial charge in [0.2, 0.25) is 0 Å². The van der Waals surface area contributed by atoms with Crippen LogP contribution >= 0.6 is 0 Å². The molecule has 0 bridgehead atoms. The number of aryl methyl sites for hydroxylation is 1. The molecule has 0 amide bonds. The number of ether oxygens (including phenoxy) is 1. The van der Waals surface area contributed by atoms with E-state index in [-0.39, 0.29) is 0 Å². The number of rotatable bonds is 4. The van der Waals surface area contributed by atoms with E-state index in [1.54, 1.807) is 7.11 Å². The van der Waals surface area contributed by atoms with E-state index in [1.807, 2.05) is 19.1 Å². The highest BCUT2D eigenvalue weighted by molar-refractivity contribution is 5.64. The van der Waals surface area contributed by atoms with E-state index < -0.39 is 0 Å². The van der Waals surface area contributed by atoms with Crippen molar-refractivity contribution in [2.45, 2.75) is 33.2 Å². The van der Waals surface area contributed by atoms with Crippen molar-refractivity contribution >= 4 is 0 Å². The number of hydrogen-bond donors (Lipinski definition) is 1. The largest absolute Gasteiger partial charge is 0.496 e. The molecule has 0 fully saturated rings. The van der Waals surface area contributed by atoms with E-state index in [9.17, 15) is 0 Å². The van der Waals surface area contributed by atoms with E-state index in [0.717, 1.165) is 33.9 Å². The highest BCUT2D eigenvalue weighted by Gasteiger charge is 2.16. The molecule has 2 rings (SSSR count). The van der Waals surface area contributed by atoms with Gasteiger partial charge in [-0.1, -0.05) is 19.0 Å². The van der Waals surface area contributed by atoms with Gasteiger partial charge in [0.05, 0.1) is 12.8 Å². The van der Waals surface area contributed by atoms with Gasteiger partial charge in [-0.05, 0) is 36.6 Å². The Morgan fingerprint density at radius 2 is 2.11 bits per heavy atom. The number of nitrogens with zero attached hydrogens (tertiary/aromatic N) is 1. The minimum atomic E-state index is 0.375. The second kappa shape index (κ2) is 5.45. The monoisotopic (exact) mass is 260 g/mol. The molecular formula is C15H20N2O2. The summed E-state index contributed by atoms with van der Waals surface area (Å²) < 4.78 is 10.8. The number of hydrogen-bond acceptors (Lipinski definition) is 4. The first kappa shape index (κ1) is 13.6. The molecule has 2 aromatic rings. The maximum atomic E-state index is 5.76. The third-order valence-corrected chi connectivity index (χ3v) is 3.30. The van der Waals surface area contributed by atoms with Gasteiger partial charge in [-0.3, -0.25) is 0 Å². The molecule has 1 heterocycles. The van der Waals surface area contributed by atoms with Crippen LogP contribution in [0.1, 0.15) is 36.6 Å². The molecule has 0 saturated carbocycles. The van der Waals surface area contributed by atoms with Crippen LogP contribution in [0.5, 0.6) is 5.75 Å². The van der Waals surface area contributed by atoms with Crippen LogP contribution in [-0.4, -0.2) is 12.3 Å². The zero-order chi connectivity index (χ0) is 14.0. The molecule has 0 aliphatic carbocycles. The maximum absolute atomic E-state index is 5.76. The number of aromatic nitrogens is 1. The van der Waals surface area contributed by atoms with Crippen LogP contribution in [0.4, 0.5) is 0 Å². The average molecular weight is 260 g/mol. The van der Waals surface area contributed by atoms with Gasteiger partial charge in [0.15, 0.2) is 5.76 Å². The first-order valence-electron chi connectivity index (χ1n) is 6.42. The van der Waals surface area contributed by atoms with Gasteiger partial charge in [-0.15, -0.1) is 0 Å². The topological polar surface area (TPSA) is 61.3 Å². The molecule has 0 unspecified atom stereocenters. The van der Waals surface area contributed by atoms with E-state index in [4.69, 9.17) is 15.0 Å². The zero-order valence-electron chi connectivity index (χ0n) is 11.9. The van der Waals surface area contributed by atoms with Gasteiger partial charge in [-0.2, -0.15) is 0 Å². The van der Waals surface area contributed by atoms with Crippen LogP contribution in [0.3, 0.4) is 0 Å². The van der Waals surface area contributed by atoms with Crippen LogP contribution in [-0.2, 0) is 6.54 Å². The summed E-state index contributed by atoms with van der Waals surface area (Å²) in [5.74, 6) is 2.02. The van der Waals surface area contributed by atoms with Gasteiger partial charge in [-0.25, -0.2) is 0 Å². The van der Waals surface area contributed by atoms with Gasteiger partial charge >= 0.3 is 0 Å². The van der Waals surface area contributed by atoms with E-state index in [2.05, 4.69) is 25.1 Å². The van der Waals surface area contributed by atoms with Crippen LogP contribution in [0, 0.1) is 6.92 Å². The molecule has 0 radical (unpaired) electrons. The Hall–Kier alpha value is -1.81. The molecule has 1 aromatic heterocycles. The standard InChI is InChI=1S/C15H20N2O2/c1-9(2)12-7-11(5-6-14(12)18-4)15-13(8-16)10(3)17-19-15/h5-7,9H,8,16H2,1-4H3. The van der Waals surface area contributed by atoms with E-state index in [1.165, 1.54) is 0 Å². The van der Waals surface area contributed by atoms with Crippen LogP contribution in [0.25, 0.3) is 11.3 Å². The molecule has 4 heteroatoms. The Morgan fingerprint density at radius 3 is 2.68 bits per heavy atom. The predicted molar refractivity (Wildman–Crippen MR) is 75.2 cm³/mol. The minimum absolute atomic E-state index is 0.375. The molecule has 0 atom stereocenters. The lowest BCUT2D eigenvalue weighted by Gasteiger charge is -2.13. The number of benzene rings is 1. The molecule has 102 valence electrons. The average Bonchev–Trinajstić information content (AvgIpc) is 2.78. The molecule has 0 saturated heterocycles. The van der Waals surface area contributed by atoms with Crippen molar-refractivity contribution in [3.63, 3.8) is 0 Å². The van der Waals surface area contributed by atoms with Crippen molar-refractivity contribution in [2.24, 2.45) is 5.73 Å². The lowest BCUT2D eigenvalue weighted by molar-refractivity contribution is 0.407. The van der Waals surface area contributed by atoms with Gasteiger partial charge < -0.3 is 15.0 Å². The van der Waals surface area contributed by atoms with Gasteiger partial charge in [0.1, 0.15) is 5.75 Å². The molecule has 2 N–H and O–H groups in total. The highest BCUT2D eigenvalue weighted by atomic mass is 16.5. The van der Waals surface area contributed by atoms with Crippen LogP contribution < -0.4 is 10.5 Å². The Balaban J connectivity index is 2.54. The van der Waals surface area contributed by atoms with Crippen molar-refractivity contribution in [1.29, 1.82) is 0 Å². The Kier molecular flexibility index (Phi) is 3.90. The lowest BCUT2D eigenvalue weighted by Crippen LogP contribution is -1.99. The number of nitrogens with two attached hydrogens (primary N) is 1. The van der Waals surface area contributed by atoms with Gasteiger partial charge in [0.25, 0.3) is 0 Å². The molecular weight excluding hydrogens is 240 g/mol. The van der Waals surface area contributed by atoms with Gasteiger partial charge in [0, 0.05) is 17.7 Å². The molecule has 0 aliphatic rings. The predicted octanol–water partition coefficient (Wildman–Crippen LogP) is 3.24. The van der Waals surface area contributed by atoms with E-state index in [0.29, 0.717) is 12.5 Å². The second-order valence-electron chi connectivity index (χ2n) is 4.89. The molecule has 4 nitrogen and oxygen atoms in total. The smallest absolute Gasteiger partial charge is 0.171 e. The molecule has 1 aromatic carbocycles. The summed E-state index contributed by atoms with van der Waals surface area (Å²) in [5.41, 5.74) is 9.71. The Bertz CT molecular complexity index is 574. The Labute approximate surface area is 113 Å². The third-order valence-electron chi connectivity index (χ3n) is 3.30. The fraction of sp³-hybridized carbons (Fsp3) is 0.400. The van der Waals surface area contributed by atoms with Crippen LogP contribution in [0.15, 0.2) is 22.7 Å². The molecule has 19 heavy (non-hydrogen) atoms. The summed E-state index contributed by atoms with van der Waals surface area (Å²) in [6.07, 6.45) is 0. The quantitative estimate of drug-likeness (QED) is 0.916. The first-order valence-corrected chi connectivity index (χ1v) is 6.42. The molecule has 0 aliphatic heterocycles. The van der Waals surface area contributed by atoms with Crippen molar-refractivity contribution in [2.75, 3.05) is 7.11 Å². The Morgan fingerprint density at radius 1 is 1.37 bits per heavy atom. The second-order valence-corrected chi connectivity index (χ2v) is 4.89. The third kappa shape index (κ3) is 2.49. The summed E-state index contributed by atoms with van der Waals surface area (Å²) in [7, 11) is 1.69. The summed E-state index contributed by atoms with van der Waals surface area (Å²) >= 11 is 0. The molecule has 0 spiro atoms. The summed E-state index contributed by atoms with van der Waals surface area (Å²) in [5, 5.41) is 3.99. The van der Waals surface area contributed by atoms with E-state index >= 15 is 0 Å². The van der Waals surface area contributed by atoms with Crippen LogP contribution in [0.2, 0.25) is 0 Å². The SMILES string of the molecule is COc1ccc(-c2onc(C)c2CN)cc1C(C)C. The lowest BCUT2D eigenvalue weighted by atomic mass is 9.97. The van der Waals surface area contributed by atoms with Crippen molar-refractivity contribution in [1.82, 2.24) is 5.16 Å². The summed E-state index contributed by atoms with van der Waals surface area (Å²) in [4.78, 5) is 0. The maximum Gasteiger partial charge on any atom is 0.171 e. The number of methoxy groups -OCH3 is 1. The fourth-order valence-corrected chi connectivity index (χ4v) is 2.18. The zero-order valence-corrected chi connectivity index (χ0v) is 11.9. The fourth-order valence-electron chi connectivity index (χ4n) is 2.18. The normalized spacial score (nSPS) is 11.1. The first-order chi connectivity index (χ1) is 9.08. The van der Waals surface area contributed by atoms with Crippen molar-refractivity contribution in [3.05, 3.63) is 35.0 Å².